The number of aryl methyl sites for hydroxylation is 1. The molecule has 1 saturated heterocycles. The summed E-state index contributed by atoms with van der Waals surface area (Å²) in [6, 6.07) is 12.8. The van der Waals surface area contributed by atoms with Gasteiger partial charge in [0.1, 0.15) is 5.82 Å². The van der Waals surface area contributed by atoms with Crippen LogP contribution in [0.3, 0.4) is 0 Å². The number of nitrogens with two attached hydrogens (primary N) is 1. The fraction of sp³-hybridized carbons (Fsp3) is 0.286. The zero-order valence-corrected chi connectivity index (χ0v) is 15.3. The average molecular weight is 358 g/mol. The van der Waals surface area contributed by atoms with E-state index in [1.54, 1.807) is 0 Å². The third-order valence-corrected chi connectivity index (χ3v) is 5.26. The zero-order chi connectivity index (χ0) is 18.4. The second-order valence-corrected chi connectivity index (χ2v) is 7.41. The van der Waals surface area contributed by atoms with Crippen molar-refractivity contribution in [2.24, 2.45) is 0 Å². The Labute approximate surface area is 158 Å². The van der Waals surface area contributed by atoms with Crippen LogP contribution in [0.15, 0.2) is 42.6 Å². The first-order valence-electron chi connectivity index (χ1n) is 9.35. The lowest BCUT2D eigenvalue weighted by molar-refractivity contribution is 0.788. The normalized spacial score (nSPS) is 17.5. The lowest BCUT2D eigenvalue weighted by Crippen LogP contribution is -2.32. The molecule has 0 radical (unpaired) electrons. The summed E-state index contributed by atoms with van der Waals surface area (Å²) < 4.78 is 0. The number of pyridine rings is 3. The molecule has 0 amide bonds. The van der Waals surface area contributed by atoms with Crippen molar-refractivity contribution in [3.63, 3.8) is 0 Å². The van der Waals surface area contributed by atoms with Gasteiger partial charge in [-0.3, -0.25) is 4.98 Å². The Hall–Kier alpha value is -3.15. The lowest BCUT2D eigenvalue weighted by atomic mass is 10.1. The Kier molecular flexibility index (Phi) is 3.70. The number of anilines is 3. The molecule has 3 aromatic rings. The highest BCUT2D eigenvalue weighted by Crippen LogP contribution is 2.35. The molecule has 0 saturated carbocycles. The highest BCUT2D eigenvalue weighted by molar-refractivity contribution is 5.74. The average Bonchev–Trinajstić information content (AvgIpc) is 3.03. The molecule has 27 heavy (non-hydrogen) atoms. The molecule has 2 aliphatic rings. The molecule has 6 heteroatoms. The van der Waals surface area contributed by atoms with Crippen molar-refractivity contribution in [2.75, 3.05) is 29.0 Å². The van der Waals surface area contributed by atoms with Crippen LogP contribution < -0.4 is 16.0 Å². The van der Waals surface area contributed by atoms with E-state index in [1.807, 2.05) is 25.3 Å². The van der Waals surface area contributed by atoms with Crippen LogP contribution in [0.1, 0.15) is 23.4 Å². The Morgan fingerprint density at radius 1 is 1.15 bits per heavy atom. The van der Waals surface area contributed by atoms with E-state index in [2.05, 4.69) is 44.5 Å². The molecule has 0 aliphatic carbocycles. The molecule has 3 N–H and O–H groups in total. The van der Waals surface area contributed by atoms with E-state index in [1.165, 1.54) is 12.1 Å². The van der Waals surface area contributed by atoms with E-state index in [0.717, 1.165) is 47.1 Å². The molecule has 5 rings (SSSR count). The first-order valence-corrected chi connectivity index (χ1v) is 9.35. The van der Waals surface area contributed by atoms with Gasteiger partial charge < -0.3 is 16.0 Å². The van der Waals surface area contributed by atoms with E-state index < -0.39 is 0 Å². The van der Waals surface area contributed by atoms with Gasteiger partial charge in [-0.05, 0) is 55.3 Å². The number of fused-ring (bicyclic) bond motifs is 4. The van der Waals surface area contributed by atoms with Crippen LogP contribution in [0.5, 0.6) is 0 Å². The van der Waals surface area contributed by atoms with Crippen molar-refractivity contribution >= 4 is 17.3 Å². The number of hydrogen-bond donors (Lipinski definition) is 2. The summed E-state index contributed by atoms with van der Waals surface area (Å²) in [5.41, 5.74) is 12.1. The van der Waals surface area contributed by atoms with Crippen LogP contribution in [0.2, 0.25) is 0 Å². The Morgan fingerprint density at radius 2 is 2.07 bits per heavy atom. The van der Waals surface area contributed by atoms with E-state index in [4.69, 9.17) is 10.7 Å². The van der Waals surface area contributed by atoms with Crippen LogP contribution in [0.25, 0.3) is 11.3 Å². The quantitative estimate of drug-likeness (QED) is 0.749. The van der Waals surface area contributed by atoms with Crippen molar-refractivity contribution in [1.29, 1.82) is 0 Å². The second kappa shape index (κ2) is 6.23. The lowest BCUT2D eigenvalue weighted by Gasteiger charge is -2.28. The molecule has 1 atom stereocenters. The standard InChI is InChI=1S/C21H22N6/c1-13-8-17(24-20(22)9-13)11-16-10-14(4-6-23-16)18-2-3-19-21(26-18)25-15-5-7-27(19)12-15/h2-4,6,8-10,15H,5,7,11-12H2,1H3,(H2,22,24)(H,25,26)/t15-/m0/s1. The smallest absolute Gasteiger partial charge is 0.150 e. The molecule has 0 unspecified atom stereocenters. The van der Waals surface area contributed by atoms with Crippen molar-refractivity contribution in [3.8, 4) is 11.3 Å². The number of rotatable bonds is 3. The minimum absolute atomic E-state index is 0.520. The summed E-state index contributed by atoms with van der Waals surface area (Å²) in [6.07, 6.45) is 3.67. The molecule has 5 heterocycles. The van der Waals surface area contributed by atoms with Gasteiger partial charge in [-0.15, -0.1) is 0 Å². The minimum atomic E-state index is 0.520. The van der Waals surface area contributed by atoms with Crippen LogP contribution >= 0.6 is 0 Å². The SMILES string of the molecule is Cc1cc(N)nc(Cc2cc(-c3ccc4c(n3)N[C@H]3CCN4C3)ccn2)c1. The van der Waals surface area contributed by atoms with E-state index >= 15 is 0 Å². The number of nitrogens with zero attached hydrogens (tertiary/aromatic N) is 4. The first-order chi connectivity index (χ1) is 13.1. The van der Waals surface area contributed by atoms with Gasteiger partial charge in [0, 0.05) is 48.7 Å². The summed E-state index contributed by atoms with van der Waals surface area (Å²) in [6.45, 7) is 4.22. The highest BCUT2D eigenvalue weighted by Gasteiger charge is 2.30. The molecule has 0 aromatic carbocycles. The van der Waals surface area contributed by atoms with Crippen molar-refractivity contribution in [1.82, 2.24) is 15.0 Å². The molecule has 6 nitrogen and oxygen atoms in total. The second-order valence-electron chi connectivity index (χ2n) is 7.41. The molecular formula is C21H22N6. The summed E-state index contributed by atoms with van der Waals surface area (Å²) in [4.78, 5) is 16.2. The topological polar surface area (TPSA) is 80.0 Å². The first kappa shape index (κ1) is 16.1. The number of nitrogen functional groups attached to an aromatic ring is 1. The summed E-state index contributed by atoms with van der Waals surface area (Å²) >= 11 is 0. The van der Waals surface area contributed by atoms with Crippen molar-refractivity contribution < 1.29 is 0 Å². The summed E-state index contributed by atoms with van der Waals surface area (Å²) in [5, 5.41) is 3.57. The van der Waals surface area contributed by atoms with Crippen LogP contribution in [-0.2, 0) is 6.42 Å². The fourth-order valence-electron chi connectivity index (χ4n) is 4.04. The Balaban J connectivity index is 1.45. The number of nitrogens with one attached hydrogen (secondary N) is 1. The summed E-state index contributed by atoms with van der Waals surface area (Å²) in [7, 11) is 0. The van der Waals surface area contributed by atoms with Crippen LogP contribution in [0, 0.1) is 6.92 Å². The maximum absolute atomic E-state index is 5.87. The van der Waals surface area contributed by atoms with Crippen LogP contribution in [-0.4, -0.2) is 34.1 Å². The molecule has 136 valence electrons. The molecule has 3 aromatic heterocycles. The summed E-state index contributed by atoms with van der Waals surface area (Å²) in [5.74, 6) is 1.54. The molecule has 1 fully saturated rings. The maximum Gasteiger partial charge on any atom is 0.150 e. The van der Waals surface area contributed by atoms with Gasteiger partial charge in [-0.25, -0.2) is 9.97 Å². The predicted octanol–water partition coefficient (Wildman–Crippen LogP) is 3.02. The van der Waals surface area contributed by atoms with E-state index in [-0.39, 0.29) is 0 Å². The maximum atomic E-state index is 5.87. The van der Waals surface area contributed by atoms with Crippen LogP contribution in [0.4, 0.5) is 17.3 Å². The van der Waals surface area contributed by atoms with Gasteiger partial charge in [0.25, 0.3) is 0 Å². The number of aromatic nitrogens is 3. The van der Waals surface area contributed by atoms with Gasteiger partial charge in [0.05, 0.1) is 11.4 Å². The molecule has 0 spiro atoms. The highest BCUT2D eigenvalue weighted by atomic mass is 15.3. The Bertz CT molecular complexity index is 995. The molecular weight excluding hydrogens is 336 g/mol. The van der Waals surface area contributed by atoms with Gasteiger partial charge in [0.15, 0.2) is 5.82 Å². The van der Waals surface area contributed by atoms with Gasteiger partial charge in [-0.1, -0.05) is 0 Å². The molecule has 2 bridgehead atoms. The van der Waals surface area contributed by atoms with Crippen molar-refractivity contribution in [2.45, 2.75) is 25.8 Å². The third-order valence-electron chi connectivity index (χ3n) is 5.26. The Morgan fingerprint density at radius 3 is 2.96 bits per heavy atom. The minimum Gasteiger partial charge on any atom is -0.384 e. The van der Waals surface area contributed by atoms with Gasteiger partial charge in [0.2, 0.25) is 0 Å². The largest absolute Gasteiger partial charge is 0.384 e. The predicted molar refractivity (Wildman–Crippen MR) is 108 cm³/mol. The van der Waals surface area contributed by atoms with Gasteiger partial charge >= 0.3 is 0 Å². The van der Waals surface area contributed by atoms with E-state index in [9.17, 15) is 0 Å². The third kappa shape index (κ3) is 3.07. The fourth-order valence-corrected chi connectivity index (χ4v) is 4.04. The monoisotopic (exact) mass is 358 g/mol. The van der Waals surface area contributed by atoms with Gasteiger partial charge in [-0.2, -0.15) is 0 Å². The van der Waals surface area contributed by atoms with E-state index in [0.29, 0.717) is 18.3 Å². The number of hydrogen-bond acceptors (Lipinski definition) is 6. The molecule has 2 aliphatic heterocycles. The zero-order valence-electron chi connectivity index (χ0n) is 15.3. The van der Waals surface area contributed by atoms with Crippen molar-refractivity contribution in [3.05, 3.63) is 59.5 Å².